The molecule has 4 fully saturated rings. The lowest BCUT2D eigenvalue weighted by Crippen LogP contribution is -2.48. The quantitative estimate of drug-likeness (QED) is 0.694. The number of carbonyl (C=O) groups excluding carboxylic acids is 3. The monoisotopic (exact) mass is 426 g/mol. The first kappa shape index (κ1) is 22.3. The summed E-state index contributed by atoms with van der Waals surface area (Å²) in [7, 11) is 0. The first-order valence-corrected chi connectivity index (χ1v) is 11.2. The van der Waals surface area contributed by atoms with Crippen molar-refractivity contribution >= 4 is 30.1 Å². The Bertz CT molecular complexity index is 605. The third-order valence-corrected chi connectivity index (χ3v) is 7.05. The van der Waals surface area contributed by atoms with Gasteiger partial charge in [0.05, 0.1) is 12.0 Å². The third-order valence-electron chi connectivity index (χ3n) is 7.05. The zero-order valence-corrected chi connectivity index (χ0v) is 18.1. The van der Waals surface area contributed by atoms with Crippen LogP contribution in [0, 0.1) is 11.8 Å². The van der Waals surface area contributed by atoms with Crippen LogP contribution in [0.15, 0.2) is 0 Å². The standard InChI is InChI=1S/C21H34N4O3.ClH/c26-19-11-16(14-25(19)17-6-1-2-7-17)21(28)24-10-4-5-15(13-24)12-23-20(27)18-8-3-9-22-18;/h15-18,22H,1-14H2,(H,23,27);1H. The fourth-order valence-corrected chi connectivity index (χ4v) is 5.43. The van der Waals surface area contributed by atoms with Crippen LogP contribution in [0.2, 0.25) is 0 Å². The number of hydrogen-bond donors (Lipinski definition) is 2. The molecule has 0 aromatic heterocycles. The highest BCUT2D eigenvalue weighted by Gasteiger charge is 2.40. The Morgan fingerprint density at radius 2 is 1.83 bits per heavy atom. The van der Waals surface area contributed by atoms with Crippen molar-refractivity contribution in [2.45, 2.75) is 69.9 Å². The highest BCUT2D eigenvalue weighted by atomic mass is 35.5. The van der Waals surface area contributed by atoms with E-state index in [9.17, 15) is 14.4 Å². The Morgan fingerprint density at radius 1 is 1.03 bits per heavy atom. The summed E-state index contributed by atoms with van der Waals surface area (Å²) < 4.78 is 0. The summed E-state index contributed by atoms with van der Waals surface area (Å²) in [6.45, 7) is 3.64. The van der Waals surface area contributed by atoms with Crippen molar-refractivity contribution in [3.05, 3.63) is 0 Å². The van der Waals surface area contributed by atoms with Crippen molar-refractivity contribution < 1.29 is 14.4 Å². The topological polar surface area (TPSA) is 81.8 Å². The van der Waals surface area contributed by atoms with E-state index >= 15 is 0 Å². The van der Waals surface area contributed by atoms with E-state index in [1.807, 2.05) is 9.80 Å². The Balaban J connectivity index is 0.00000240. The zero-order valence-electron chi connectivity index (χ0n) is 17.2. The molecule has 0 aromatic rings. The smallest absolute Gasteiger partial charge is 0.237 e. The average Bonchev–Trinajstić information content (AvgIpc) is 3.46. The molecule has 2 N–H and O–H groups in total. The fraction of sp³-hybridized carbons (Fsp3) is 0.857. The summed E-state index contributed by atoms with van der Waals surface area (Å²) in [4.78, 5) is 41.6. The molecule has 1 aliphatic carbocycles. The summed E-state index contributed by atoms with van der Waals surface area (Å²) in [6, 6.07) is 0.311. The van der Waals surface area contributed by atoms with Crippen LogP contribution in [0.3, 0.4) is 0 Å². The van der Waals surface area contributed by atoms with Gasteiger partial charge in [0, 0.05) is 38.6 Å². The molecular weight excluding hydrogens is 392 g/mol. The SMILES string of the molecule is Cl.O=C(NCC1CCCN(C(=O)C2CC(=O)N(C3CCCC3)C2)C1)C1CCCN1. The van der Waals surface area contributed by atoms with Gasteiger partial charge in [-0.3, -0.25) is 14.4 Å². The van der Waals surface area contributed by atoms with E-state index in [1.165, 1.54) is 12.8 Å². The molecule has 164 valence electrons. The van der Waals surface area contributed by atoms with Crippen molar-refractivity contribution in [2.75, 3.05) is 32.7 Å². The highest BCUT2D eigenvalue weighted by molar-refractivity contribution is 5.89. The molecule has 3 atom stereocenters. The Morgan fingerprint density at radius 3 is 2.55 bits per heavy atom. The maximum atomic E-state index is 13.0. The van der Waals surface area contributed by atoms with Crippen LogP contribution in [-0.2, 0) is 14.4 Å². The normalized spacial score (nSPS) is 30.5. The van der Waals surface area contributed by atoms with E-state index in [4.69, 9.17) is 0 Å². The van der Waals surface area contributed by atoms with E-state index < -0.39 is 0 Å². The third kappa shape index (κ3) is 5.23. The Kier molecular flexibility index (Phi) is 7.79. The summed E-state index contributed by atoms with van der Waals surface area (Å²) in [6.07, 6.45) is 8.94. The van der Waals surface area contributed by atoms with Crippen LogP contribution >= 0.6 is 12.4 Å². The molecule has 3 saturated heterocycles. The maximum Gasteiger partial charge on any atom is 0.237 e. The second-order valence-electron chi connectivity index (χ2n) is 9.07. The average molecular weight is 427 g/mol. The minimum absolute atomic E-state index is 0. The summed E-state index contributed by atoms with van der Waals surface area (Å²) in [5.41, 5.74) is 0. The molecule has 0 aromatic carbocycles. The Hall–Kier alpha value is -1.34. The molecule has 4 rings (SSSR count). The van der Waals surface area contributed by atoms with E-state index in [0.717, 1.165) is 51.6 Å². The van der Waals surface area contributed by atoms with Crippen LogP contribution in [0.4, 0.5) is 0 Å². The molecular formula is C21H35ClN4O3. The molecule has 0 radical (unpaired) electrons. The minimum Gasteiger partial charge on any atom is -0.354 e. The van der Waals surface area contributed by atoms with Crippen LogP contribution in [0.5, 0.6) is 0 Å². The van der Waals surface area contributed by atoms with Gasteiger partial charge in [-0.2, -0.15) is 0 Å². The number of carbonyl (C=O) groups is 3. The number of likely N-dealkylation sites (tertiary alicyclic amines) is 2. The van der Waals surface area contributed by atoms with Crippen LogP contribution in [0.1, 0.15) is 57.8 Å². The van der Waals surface area contributed by atoms with E-state index in [-0.39, 0.29) is 42.1 Å². The molecule has 3 unspecified atom stereocenters. The van der Waals surface area contributed by atoms with Gasteiger partial charge < -0.3 is 20.4 Å². The second kappa shape index (κ2) is 10.1. The van der Waals surface area contributed by atoms with Crippen molar-refractivity contribution in [1.82, 2.24) is 20.4 Å². The van der Waals surface area contributed by atoms with Gasteiger partial charge >= 0.3 is 0 Å². The first-order chi connectivity index (χ1) is 13.6. The van der Waals surface area contributed by atoms with Gasteiger partial charge in [-0.25, -0.2) is 0 Å². The molecule has 4 aliphatic rings. The van der Waals surface area contributed by atoms with Gasteiger partial charge in [0.1, 0.15) is 0 Å². The number of rotatable bonds is 5. The van der Waals surface area contributed by atoms with E-state index in [0.29, 0.717) is 38.0 Å². The lowest BCUT2D eigenvalue weighted by atomic mass is 9.96. The first-order valence-electron chi connectivity index (χ1n) is 11.2. The molecule has 3 heterocycles. The molecule has 0 bridgehead atoms. The Labute approximate surface area is 179 Å². The van der Waals surface area contributed by atoms with Gasteiger partial charge in [0.15, 0.2) is 0 Å². The van der Waals surface area contributed by atoms with Gasteiger partial charge in [0.2, 0.25) is 17.7 Å². The van der Waals surface area contributed by atoms with E-state index in [1.54, 1.807) is 0 Å². The largest absolute Gasteiger partial charge is 0.354 e. The van der Waals surface area contributed by atoms with Crippen LogP contribution in [0.25, 0.3) is 0 Å². The number of nitrogens with zero attached hydrogens (tertiary/aromatic N) is 2. The minimum atomic E-state index is -0.177. The predicted octanol–water partition coefficient (Wildman–Crippen LogP) is 1.31. The lowest BCUT2D eigenvalue weighted by Gasteiger charge is -2.34. The lowest BCUT2D eigenvalue weighted by molar-refractivity contribution is -0.137. The number of hydrogen-bond acceptors (Lipinski definition) is 4. The van der Waals surface area contributed by atoms with E-state index in [2.05, 4.69) is 10.6 Å². The number of nitrogens with one attached hydrogen (secondary N) is 2. The van der Waals surface area contributed by atoms with Crippen molar-refractivity contribution in [1.29, 1.82) is 0 Å². The molecule has 8 heteroatoms. The molecule has 3 aliphatic heterocycles. The summed E-state index contributed by atoms with van der Waals surface area (Å²) in [5, 5.41) is 6.30. The molecule has 1 saturated carbocycles. The molecule has 3 amide bonds. The number of amides is 3. The van der Waals surface area contributed by atoms with Crippen molar-refractivity contribution in [3.63, 3.8) is 0 Å². The fourth-order valence-electron chi connectivity index (χ4n) is 5.43. The molecule has 7 nitrogen and oxygen atoms in total. The zero-order chi connectivity index (χ0) is 19.5. The predicted molar refractivity (Wildman–Crippen MR) is 113 cm³/mol. The maximum absolute atomic E-state index is 13.0. The van der Waals surface area contributed by atoms with Gasteiger partial charge in [-0.05, 0) is 51.0 Å². The van der Waals surface area contributed by atoms with Crippen molar-refractivity contribution in [2.24, 2.45) is 11.8 Å². The van der Waals surface area contributed by atoms with Crippen LogP contribution < -0.4 is 10.6 Å². The van der Waals surface area contributed by atoms with Gasteiger partial charge in [-0.1, -0.05) is 12.8 Å². The molecule has 0 spiro atoms. The van der Waals surface area contributed by atoms with Gasteiger partial charge in [-0.15, -0.1) is 12.4 Å². The van der Waals surface area contributed by atoms with Crippen LogP contribution in [-0.4, -0.2) is 72.3 Å². The van der Waals surface area contributed by atoms with Crippen molar-refractivity contribution in [3.8, 4) is 0 Å². The van der Waals surface area contributed by atoms with Gasteiger partial charge in [0.25, 0.3) is 0 Å². The number of halogens is 1. The summed E-state index contributed by atoms with van der Waals surface area (Å²) in [5.74, 6) is 0.530. The summed E-state index contributed by atoms with van der Waals surface area (Å²) >= 11 is 0. The highest BCUT2D eigenvalue weighted by Crippen LogP contribution is 2.31. The second-order valence-corrected chi connectivity index (χ2v) is 9.07. The molecule has 29 heavy (non-hydrogen) atoms. The number of piperidine rings is 1.